The lowest BCUT2D eigenvalue weighted by molar-refractivity contribution is 0.560. The van der Waals surface area contributed by atoms with Crippen molar-refractivity contribution >= 4 is 15.5 Å². The molecule has 1 rings (SSSR count). The molecule has 0 fully saturated rings. The maximum Gasteiger partial charge on any atom is 0.156 e. The first-order valence-corrected chi connectivity index (χ1v) is 7.19. The number of rotatable bonds is 4. The van der Waals surface area contributed by atoms with Crippen molar-refractivity contribution in [3.8, 4) is 0 Å². The minimum Gasteiger partial charge on any atom is -0.384 e. The van der Waals surface area contributed by atoms with Crippen molar-refractivity contribution in [1.82, 2.24) is 0 Å². The van der Waals surface area contributed by atoms with E-state index in [9.17, 15) is 17.2 Å². The minimum absolute atomic E-state index is 0.0887. The van der Waals surface area contributed by atoms with Gasteiger partial charge in [0.15, 0.2) is 9.84 Å². The fourth-order valence-corrected chi connectivity index (χ4v) is 2.27. The topological polar surface area (TPSA) is 46.2 Å². The summed E-state index contributed by atoms with van der Waals surface area (Å²) in [5, 5.41) is 2.70. The first-order valence-electron chi connectivity index (χ1n) is 5.54. The second kappa shape index (κ2) is 5.22. The number of nitrogens with one attached hydrogen (secondary N) is 1. The Hall–Kier alpha value is -1.17. The number of benzene rings is 1. The van der Waals surface area contributed by atoms with Gasteiger partial charge in [-0.3, -0.25) is 0 Å². The van der Waals surface area contributed by atoms with Crippen molar-refractivity contribution in [3.63, 3.8) is 0 Å². The summed E-state index contributed by atoms with van der Waals surface area (Å²) in [5.74, 6) is -1.48. The van der Waals surface area contributed by atoms with Crippen LogP contribution in [0.3, 0.4) is 0 Å². The van der Waals surface area contributed by atoms with Gasteiger partial charge in [-0.1, -0.05) is 0 Å². The molecule has 6 heteroatoms. The van der Waals surface area contributed by atoms with Crippen LogP contribution in [-0.4, -0.2) is 25.5 Å². The number of halogens is 2. The highest BCUT2D eigenvalue weighted by Crippen LogP contribution is 2.17. The first-order chi connectivity index (χ1) is 8.12. The Kier molecular flexibility index (Phi) is 4.32. The van der Waals surface area contributed by atoms with Crippen LogP contribution in [0.2, 0.25) is 0 Å². The van der Waals surface area contributed by atoms with E-state index in [1.54, 1.807) is 20.8 Å². The molecule has 0 amide bonds. The van der Waals surface area contributed by atoms with E-state index in [2.05, 4.69) is 5.32 Å². The largest absolute Gasteiger partial charge is 0.384 e. The molecular formula is C12H17F2NO2S. The smallest absolute Gasteiger partial charge is 0.156 e. The Bertz CT molecular complexity index is 501. The Labute approximate surface area is 106 Å². The first kappa shape index (κ1) is 14.9. The van der Waals surface area contributed by atoms with Crippen LogP contribution in [0.4, 0.5) is 14.5 Å². The number of hydrogen-bond acceptors (Lipinski definition) is 3. The molecular weight excluding hydrogens is 260 g/mol. The van der Waals surface area contributed by atoms with E-state index in [-0.39, 0.29) is 18.0 Å². The van der Waals surface area contributed by atoms with Crippen LogP contribution in [-0.2, 0) is 9.84 Å². The maximum atomic E-state index is 12.9. The van der Waals surface area contributed by atoms with E-state index in [4.69, 9.17) is 0 Å². The molecule has 18 heavy (non-hydrogen) atoms. The molecule has 0 aromatic heterocycles. The maximum absolute atomic E-state index is 12.9. The molecule has 0 spiro atoms. The SMILES string of the molecule is CC(C)(C)S(=O)(=O)CCNc1cc(F)cc(F)c1. The average Bonchev–Trinajstić information content (AvgIpc) is 2.13. The van der Waals surface area contributed by atoms with Crippen molar-refractivity contribution in [2.45, 2.75) is 25.5 Å². The van der Waals surface area contributed by atoms with Gasteiger partial charge in [0.2, 0.25) is 0 Å². The Morgan fingerprint density at radius 3 is 2.06 bits per heavy atom. The van der Waals surface area contributed by atoms with Crippen molar-refractivity contribution in [3.05, 3.63) is 29.8 Å². The molecule has 0 radical (unpaired) electrons. The number of hydrogen-bond donors (Lipinski definition) is 1. The molecule has 0 atom stereocenters. The third-order valence-electron chi connectivity index (χ3n) is 2.50. The quantitative estimate of drug-likeness (QED) is 0.920. The highest BCUT2D eigenvalue weighted by molar-refractivity contribution is 7.92. The normalized spacial score (nSPS) is 12.5. The highest BCUT2D eigenvalue weighted by Gasteiger charge is 2.28. The van der Waals surface area contributed by atoms with E-state index in [0.29, 0.717) is 0 Å². The molecule has 0 bridgehead atoms. The fraction of sp³-hybridized carbons (Fsp3) is 0.500. The van der Waals surface area contributed by atoms with E-state index in [1.807, 2.05) is 0 Å². The van der Waals surface area contributed by atoms with Crippen molar-refractivity contribution < 1.29 is 17.2 Å². The Balaban J connectivity index is 2.63. The molecule has 1 N–H and O–H groups in total. The average molecular weight is 277 g/mol. The fourth-order valence-electron chi connectivity index (χ4n) is 1.29. The van der Waals surface area contributed by atoms with Crippen LogP contribution >= 0.6 is 0 Å². The van der Waals surface area contributed by atoms with Gasteiger partial charge in [-0.05, 0) is 32.9 Å². The van der Waals surface area contributed by atoms with Crippen LogP contribution in [0.15, 0.2) is 18.2 Å². The molecule has 0 aliphatic carbocycles. The summed E-state index contributed by atoms with van der Waals surface area (Å²) < 4.78 is 48.5. The van der Waals surface area contributed by atoms with Gasteiger partial charge in [-0.15, -0.1) is 0 Å². The standard InChI is InChI=1S/C12H17F2NO2S/c1-12(2,3)18(16,17)5-4-15-11-7-9(13)6-10(14)8-11/h6-8,15H,4-5H2,1-3H3. The van der Waals surface area contributed by atoms with Gasteiger partial charge in [0, 0.05) is 18.3 Å². The summed E-state index contributed by atoms with van der Waals surface area (Å²) in [5.41, 5.74) is 0.233. The van der Waals surface area contributed by atoms with E-state index < -0.39 is 26.2 Å². The van der Waals surface area contributed by atoms with E-state index in [0.717, 1.165) is 18.2 Å². The number of sulfone groups is 1. The molecule has 3 nitrogen and oxygen atoms in total. The van der Waals surface area contributed by atoms with Crippen LogP contribution in [0, 0.1) is 11.6 Å². The van der Waals surface area contributed by atoms with Gasteiger partial charge in [0.1, 0.15) is 11.6 Å². The highest BCUT2D eigenvalue weighted by atomic mass is 32.2. The lowest BCUT2D eigenvalue weighted by Crippen LogP contribution is -2.32. The minimum atomic E-state index is -3.24. The second-order valence-electron chi connectivity index (χ2n) is 5.02. The molecule has 1 aromatic carbocycles. The second-order valence-corrected chi connectivity index (χ2v) is 7.88. The monoisotopic (exact) mass is 277 g/mol. The van der Waals surface area contributed by atoms with Crippen molar-refractivity contribution in [2.75, 3.05) is 17.6 Å². The summed E-state index contributed by atoms with van der Waals surface area (Å²) >= 11 is 0. The van der Waals surface area contributed by atoms with Crippen LogP contribution in [0.5, 0.6) is 0 Å². The van der Waals surface area contributed by atoms with Crippen molar-refractivity contribution in [2.24, 2.45) is 0 Å². The van der Waals surface area contributed by atoms with E-state index >= 15 is 0 Å². The molecule has 102 valence electrons. The predicted molar refractivity (Wildman–Crippen MR) is 68.4 cm³/mol. The zero-order valence-electron chi connectivity index (χ0n) is 10.6. The summed E-state index contributed by atoms with van der Waals surface area (Å²) in [4.78, 5) is 0. The summed E-state index contributed by atoms with van der Waals surface area (Å²) in [6.45, 7) is 4.96. The Morgan fingerprint density at radius 2 is 1.61 bits per heavy atom. The van der Waals surface area contributed by atoms with Crippen LogP contribution in [0.25, 0.3) is 0 Å². The third-order valence-corrected chi connectivity index (χ3v) is 5.10. The lowest BCUT2D eigenvalue weighted by atomic mass is 10.3. The van der Waals surface area contributed by atoms with E-state index in [1.165, 1.54) is 0 Å². The molecule has 0 unspecified atom stereocenters. The summed E-state index contributed by atoms with van der Waals surface area (Å²) in [6, 6.07) is 3.00. The van der Waals surface area contributed by atoms with Gasteiger partial charge in [0.05, 0.1) is 10.5 Å². The van der Waals surface area contributed by atoms with Crippen molar-refractivity contribution in [1.29, 1.82) is 0 Å². The molecule has 0 saturated heterocycles. The van der Waals surface area contributed by atoms with Crippen LogP contribution in [0.1, 0.15) is 20.8 Å². The van der Waals surface area contributed by atoms with Gasteiger partial charge in [-0.25, -0.2) is 17.2 Å². The zero-order chi connectivity index (χ0) is 14.0. The molecule has 0 heterocycles. The molecule has 0 aliphatic rings. The summed E-state index contributed by atoms with van der Waals surface area (Å²) in [7, 11) is -3.24. The van der Waals surface area contributed by atoms with Gasteiger partial charge in [-0.2, -0.15) is 0 Å². The van der Waals surface area contributed by atoms with Gasteiger partial charge in [0.25, 0.3) is 0 Å². The summed E-state index contributed by atoms with van der Waals surface area (Å²) in [6.07, 6.45) is 0. The number of anilines is 1. The predicted octanol–water partition coefficient (Wildman–Crippen LogP) is 2.59. The van der Waals surface area contributed by atoms with Gasteiger partial charge < -0.3 is 5.32 Å². The Morgan fingerprint density at radius 1 is 1.11 bits per heavy atom. The zero-order valence-corrected chi connectivity index (χ0v) is 11.4. The molecule has 0 aliphatic heterocycles. The molecule has 1 aromatic rings. The molecule has 0 saturated carbocycles. The van der Waals surface area contributed by atoms with Crippen LogP contribution < -0.4 is 5.32 Å². The third kappa shape index (κ3) is 3.94. The van der Waals surface area contributed by atoms with Gasteiger partial charge >= 0.3 is 0 Å². The lowest BCUT2D eigenvalue weighted by Gasteiger charge is -2.19.